The minimum absolute atomic E-state index is 0.00750. The number of para-hydroxylation sites is 1. The van der Waals surface area contributed by atoms with Crippen LogP contribution >= 0.6 is 11.6 Å². The first-order chi connectivity index (χ1) is 14.5. The van der Waals surface area contributed by atoms with Crippen LogP contribution in [0, 0.1) is 13.8 Å². The van der Waals surface area contributed by atoms with Gasteiger partial charge in [-0.15, -0.1) is 0 Å². The number of hydrogen-bond acceptors (Lipinski definition) is 3. The predicted molar refractivity (Wildman–Crippen MR) is 119 cm³/mol. The summed E-state index contributed by atoms with van der Waals surface area (Å²) in [6.07, 6.45) is 3.00. The average Bonchev–Trinajstić information content (AvgIpc) is 3.31. The number of hydrogen-bond donors (Lipinski definition) is 2. The quantitative estimate of drug-likeness (QED) is 0.425. The van der Waals surface area contributed by atoms with Crippen LogP contribution in [0.15, 0.2) is 59.3 Å². The van der Waals surface area contributed by atoms with Crippen molar-refractivity contribution in [2.24, 2.45) is 0 Å². The second-order valence-corrected chi connectivity index (χ2v) is 7.88. The maximum absolute atomic E-state index is 12.6. The fourth-order valence-corrected chi connectivity index (χ4v) is 4.20. The molecule has 1 atom stereocenters. The molecule has 0 aliphatic rings. The first-order valence-corrected chi connectivity index (χ1v) is 10.4. The zero-order valence-electron chi connectivity index (χ0n) is 17.0. The molecule has 154 valence electrons. The summed E-state index contributed by atoms with van der Waals surface area (Å²) in [7, 11) is 0. The molecular formula is C24H24ClN3O2. The van der Waals surface area contributed by atoms with Gasteiger partial charge in [-0.05, 0) is 43.5 Å². The van der Waals surface area contributed by atoms with Gasteiger partial charge in [-0.25, -0.2) is 0 Å². The maximum atomic E-state index is 12.6. The number of fused-ring (bicyclic) bond motifs is 1. The third-order valence-electron chi connectivity index (χ3n) is 5.56. The molecule has 0 bridgehead atoms. The summed E-state index contributed by atoms with van der Waals surface area (Å²) in [5, 5.41) is 8.88. The Hall–Kier alpha value is -3.05. The minimum atomic E-state index is -0.0575. The lowest BCUT2D eigenvalue weighted by atomic mass is 9.90. The van der Waals surface area contributed by atoms with Crippen molar-refractivity contribution in [3.05, 3.63) is 87.9 Å². The number of benzene rings is 2. The Labute approximate surface area is 180 Å². The SMILES string of the molecule is Cc1noc(C)c1CCC(=O)NCC(c1ccccc1Cl)c1c[nH]c2ccccc12. The number of amides is 1. The summed E-state index contributed by atoms with van der Waals surface area (Å²) in [6.45, 7) is 4.23. The maximum Gasteiger partial charge on any atom is 0.220 e. The van der Waals surface area contributed by atoms with E-state index in [4.69, 9.17) is 16.1 Å². The summed E-state index contributed by atoms with van der Waals surface area (Å²) in [5.41, 5.74) is 5.02. The first-order valence-electron chi connectivity index (χ1n) is 10.0. The Bertz CT molecular complexity index is 1160. The normalized spacial score (nSPS) is 12.2. The zero-order valence-corrected chi connectivity index (χ0v) is 17.8. The Balaban J connectivity index is 1.54. The third-order valence-corrected chi connectivity index (χ3v) is 5.91. The molecule has 2 aromatic heterocycles. The molecule has 2 aromatic carbocycles. The van der Waals surface area contributed by atoms with E-state index in [9.17, 15) is 4.79 Å². The van der Waals surface area contributed by atoms with Gasteiger partial charge >= 0.3 is 0 Å². The molecule has 1 unspecified atom stereocenters. The summed E-state index contributed by atoms with van der Waals surface area (Å²) >= 11 is 6.53. The predicted octanol–water partition coefficient (Wildman–Crippen LogP) is 5.31. The van der Waals surface area contributed by atoms with Gasteiger partial charge in [0.05, 0.1) is 5.69 Å². The number of rotatable bonds is 7. The molecular weight excluding hydrogens is 398 g/mol. The molecule has 2 heterocycles. The van der Waals surface area contributed by atoms with Crippen molar-refractivity contribution in [1.82, 2.24) is 15.5 Å². The third kappa shape index (κ3) is 4.12. The monoisotopic (exact) mass is 421 g/mol. The molecule has 0 aliphatic heterocycles. The number of aromatic nitrogens is 2. The van der Waals surface area contributed by atoms with E-state index < -0.39 is 0 Å². The fourth-order valence-electron chi connectivity index (χ4n) is 3.93. The highest BCUT2D eigenvalue weighted by atomic mass is 35.5. The van der Waals surface area contributed by atoms with Crippen LogP contribution in [0.4, 0.5) is 0 Å². The molecule has 4 aromatic rings. The zero-order chi connectivity index (χ0) is 21.1. The Morgan fingerprint density at radius 3 is 2.67 bits per heavy atom. The molecule has 0 saturated heterocycles. The fraction of sp³-hybridized carbons (Fsp3) is 0.250. The van der Waals surface area contributed by atoms with Gasteiger partial charge in [0.15, 0.2) is 0 Å². The lowest BCUT2D eigenvalue weighted by Gasteiger charge is -2.19. The Kier molecular flexibility index (Phi) is 5.91. The van der Waals surface area contributed by atoms with Gasteiger partial charge < -0.3 is 14.8 Å². The molecule has 0 aliphatic carbocycles. The summed E-state index contributed by atoms with van der Waals surface area (Å²) in [6, 6.07) is 16.0. The molecule has 6 heteroatoms. The number of nitrogens with one attached hydrogen (secondary N) is 2. The van der Waals surface area contributed by atoms with E-state index in [2.05, 4.69) is 21.5 Å². The van der Waals surface area contributed by atoms with Crippen molar-refractivity contribution in [1.29, 1.82) is 0 Å². The number of halogens is 1. The highest BCUT2D eigenvalue weighted by Gasteiger charge is 2.21. The van der Waals surface area contributed by atoms with Crippen LogP contribution in [0.2, 0.25) is 5.02 Å². The van der Waals surface area contributed by atoms with Crippen LogP contribution in [0.5, 0.6) is 0 Å². The smallest absolute Gasteiger partial charge is 0.220 e. The van der Waals surface area contributed by atoms with E-state index in [1.54, 1.807) is 0 Å². The summed E-state index contributed by atoms with van der Waals surface area (Å²) in [5.74, 6) is 0.706. The van der Waals surface area contributed by atoms with Crippen molar-refractivity contribution >= 4 is 28.4 Å². The standard InChI is InChI=1S/C24H24ClN3O2/c1-15-17(16(2)30-28-15)11-12-24(29)27-14-20(18-7-3-5-9-22(18)25)21-13-26-23-10-6-4-8-19(21)23/h3-10,13,20,26H,11-12,14H2,1-2H3,(H,27,29). The second-order valence-electron chi connectivity index (χ2n) is 7.47. The van der Waals surface area contributed by atoms with Gasteiger partial charge in [0, 0.05) is 46.6 Å². The van der Waals surface area contributed by atoms with Crippen LogP contribution in [0.1, 0.15) is 40.5 Å². The molecule has 4 rings (SSSR count). The lowest BCUT2D eigenvalue weighted by molar-refractivity contribution is -0.121. The molecule has 0 fully saturated rings. The van der Waals surface area contributed by atoms with E-state index in [-0.39, 0.29) is 11.8 Å². The van der Waals surface area contributed by atoms with Crippen molar-refractivity contribution in [3.8, 4) is 0 Å². The molecule has 2 N–H and O–H groups in total. The van der Waals surface area contributed by atoms with Crippen LogP contribution < -0.4 is 5.32 Å². The van der Waals surface area contributed by atoms with Gasteiger partial charge in [0.1, 0.15) is 5.76 Å². The van der Waals surface area contributed by atoms with Crippen LogP contribution in [0.3, 0.4) is 0 Å². The van der Waals surface area contributed by atoms with Gasteiger partial charge in [-0.1, -0.05) is 53.2 Å². The number of carbonyl (C=O) groups excluding carboxylic acids is 1. The van der Waals surface area contributed by atoms with Crippen molar-refractivity contribution < 1.29 is 9.32 Å². The molecule has 30 heavy (non-hydrogen) atoms. The topological polar surface area (TPSA) is 70.9 Å². The molecule has 5 nitrogen and oxygen atoms in total. The molecule has 0 spiro atoms. The molecule has 1 amide bonds. The highest BCUT2D eigenvalue weighted by molar-refractivity contribution is 6.31. The van der Waals surface area contributed by atoms with Crippen LogP contribution in [0.25, 0.3) is 10.9 Å². The van der Waals surface area contributed by atoms with Crippen molar-refractivity contribution in [3.63, 3.8) is 0 Å². The van der Waals surface area contributed by atoms with E-state index in [1.165, 1.54) is 0 Å². The van der Waals surface area contributed by atoms with E-state index in [1.807, 2.05) is 62.5 Å². The Morgan fingerprint density at radius 1 is 1.13 bits per heavy atom. The van der Waals surface area contributed by atoms with Crippen molar-refractivity contribution in [2.45, 2.75) is 32.6 Å². The van der Waals surface area contributed by atoms with Crippen LogP contribution in [-0.2, 0) is 11.2 Å². The van der Waals surface area contributed by atoms with Gasteiger partial charge in [-0.2, -0.15) is 0 Å². The number of carbonyl (C=O) groups is 1. The Morgan fingerprint density at radius 2 is 1.90 bits per heavy atom. The lowest BCUT2D eigenvalue weighted by Crippen LogP contribution is -2.29. The number of aryl methyl sites for hydroxylation is 2. The molecule has 0 saturated carbocycles. The van der Waals surface area contributed by atoms with E-state index in [0.717, 1.165) is 39.0 Å². The van der Waals surface area contributed by atoms with Gasteiger partial charge in [0.2, 0.25) is 5.91 Å². The summed E-state index contributed by atoms with van der Waals surface area (Å²) < 4.78 is 5.19. The van der Waals surface area contributed by atoms with Gasteiger partial charge in [-0.3, -0.25) is 4.79 Å². The number of nitrogens with zero attached hydrogens (tertiary/aromatic N) is 1. The second kappa shape index (κ2) is 8.76. The highest BCUT2D eigenvalue weighted by Crippen LogP contribution is 2.34. The molecule has 0 radical (unpaired) electrons. The summed E-state index contributed by atoms with van der Waals surface area (Å²) in [4.78, 5) is 15.9. The van der Waals surface area contributed by atoms with E-state index in [0.29, 0.717) is 24.4 Å². The average molecular weight is 422 g/mol. The minimum Gasteiger partial charge on any atom is -0.361 e. The van der Waals surface area contributed by atoms with E-state index >= 15 is 0 Å². The first kappa shape index (κ1) is 20.2. The largest absolute Gasteiger partial charge is 0.361 e. The van der Waals surface area contributed by atoms with Crippen LogP contribution in [-0.4, -0.2) is 22.6 Å². The van der Waals surface area contributed by atoms with Gasteiger partial charge in [0.25, 0.3) is 0 Å². The van der Waals surface area contributed by atoms with Crippen molar-refractivity contribution in [2.75, 3.05) is 6.54 Å². The number of aromatic amines is 1. The number of H-pyrrole nitrogens is 1.